The maximum absolute atomic E-state index is 12.6. The number of carbonyl (C=O) groups is 3. The number of carbonyl (C=O) groups excluding carboxylic acids is 2. The molecule has 1 aromatic carbocycles. The number of benzene rings is 1. The van der Waals surface area contributed by atoms with Crippen molar-refractivity contribution in [3.05, 3.63) is 57.8 Å². The zero-order valence-corrected chi connectivity index (χ0v) is 13.7. The van der Waals surface area contributed by atoms with Crippen molar-refractivity contribution in [1.82, 2.24) is 4.90 Å². The van der Waals surface area contributed by atoms with E-state index in [2.05, 4.69) is 0 Å². The third-order valence-corrected chi connectivity index (χ3v) is 4.33. The first-order valence-corrected chi connectivity index (χ1v) is 7.95. The van der Waals surface area contributed by atoms with Crippen LogP contribution in [0.3, 0.4) is 0 Å². The van der Waals surface area contributed by atoms with Crippen LogP contribution in [0.1, 0.15) is 32.5 Å². The van der Waals surface area contributed by atoms with Crippen molar-refractivity contribution >= 4 is 29.0 Å². The number of ketones is 1. The van der Waals surface area contributed by atoms with Crippen molar-refractivity contribution < 1.29 is 19.5 Å². The Morgan fingerprint density at radius 3 is 2.35 bits per heavy atom. The van der Waals surface area contributed by atoms with E-state index in [1.165, 1.54) is 30.2 Å². The number of carboxylic acids is 1. The summed E-state index contributed by atoms with van der Waals surface area (Å²) >= 11 is 1.32. The molecule has 0 radical (unpaired) electrons. The molecular formula is C17H17NO4S. The highest BCUT2D eigenvalue weighted by Gasteiger charge is 2.23. The molecule has 120 valence electrons. The van der Waals surface area contributed by atoms with Crippen LogP contribution in [0.25, 0.3) is 0 Å². The third-order valence-electron chi connectivity index (χ3n) is 3.46. The van der Waals surface area contributed by atoms with E-state index in [9.17, 15) is 14.4 Å². The molecule has 23 heavy (non-hydrogen) atoms. The first-order valence-electron chi connectivity index (χ1n) is 7.07. The average molecular weight is 331 g/mol. The second-order valence-corrected chi connectivity index (χ2v) is 6.22. The fraction of sp³-hybridized carbons (Fsp3) is 0.235. The zero-order valence-electron chi connectivity index (χ0n) is 12.9. The lowest BCUT2D eigenvalue weighted by Crippen LogP contribution is -2.34. The van der Waals surface area contributed by atoms with Crippen molar-refractivity contribution in [3.8, 4) is 0 Å². The molecule has 6 heteroatoms. The number of nitrogens with zero attached hydrogens (tertiary/aromatic N) is 1. The number of rotatable bonds is 6. The van der Waals surface area contributed by atoms with Crippen LogP contribution in [0, 0.1) is 5.92 Å². The van der Waals surface area contributed by atoms with Crippen LogP contribution < -0.4 is 0 Å². The van der Waals surface area contributed by atoms with Crippen LogP contribution in [-0.2, 0) is 4.79 Å². The van der Waals surface area contributed by atoms with Crippen molar-refractivity contribution in [2.75, 3.05) is 13.6 Å². The Morgan fingerprint density at radius 1 is 1.13 bits per heavy atom. The van der Waals surface area contributed by atoms with Gasteiger partial charge in [-0.1, -0.05) is 31.2 Å². The van der Waals surface area contributed by atoms with Crippen molar-refractivity contribution in [1.29, 1.82) is 0 Å². The van der Waals surface area contributed by atoms with Gasteiger partial charge in [0.15, 0.2) is 0 Å². The standard InChI is InChI=1S/C17H17NO4S/c1-11(17(21)22)10-18(2)16(20)13-7-4-3-6-12(13)15(19)14-8-5-9-23-14/h3-9,11H,10H2,1-2H3,(H,21,22)/t11-/m1/s1. The molecule has 0 saturated carbocycles. The summed E-state index contributed by atoms with van der Waals surface area (Å²) in [5.74, 6) is -2.21. The first-order chi connectivity index (χ1) is 10.9. The van der Waals surface area contributed by atoms with Gasteiger partial charge in [0.1, 0.15) is 0 Å². The third kappa shape index (κ3) is 3.84. The van der Waals surface area contributed by atoms with Gasteiger partial charge in [0.2, 0.25) is 5.78 Å². The summed E-state index contributed by atoms with van der Waals surface area (Å²) in [7, 11) is 1.54. The topological polar surface area (TPSA) is 74.7 Å². The lowest BCUT2D eigenvalue weighted by Gasteiger charge is -2.20. The molecular weight excluding hydrogens is 314 g/mol. The van der Waals surface area contributed by atoms with E-state index in [0.717, 1.165) is 0 Å². The van der Waals surface area contributed by atoms with Gasteiger partial charge in [-0.3, -0.25) is 14.4 Å². The van der Waals surface area contributed by atoms with Crippen molar-refractivity contribution in [2.45, 2.75) is 6.92 Å². The molecule has 0 fully saturated rings. The summed E-state index contributed by atoms with van der Waals surface area (Å²) in [6.45, 7) is 1.62. The van der Waals surface area contributed by atoms with Crippen molar-refractivity contribution in [2.24, 2.45) is 5.92 Å². The van der Waals surface area contributed by atoms with Gasteiger partial charge in [0, 0.05) is 19.2 Å². The molecule has 5 nitrogen and oxygen atoms in total. The van der Waals surface area contributed by atoms with Crippen LogP contribution in [0.5, 0.6) is 0 Å². The Morgan fingerprint density at radius 2 is 1.78 bits per heavy atom. The predicted octanol–water partition coefficient (Wildman–Crippen LogP) is 2.77. The maximum atomic E-state index is 12.6. The SMILES string of the molecule is C[C@H](CN(C)C(=O)c1ccccc1C(=O)c1cccs1)C(=O)O. The number of carboxylic acid groups (broad SMARTS) is 1. The van der Waals surface area contributed by atoms with Crippen LogP contribution in [0.2, 0.25) is 0 Å². The summed E-state index contributed by atoms with van der Waals surface area (Å²) in [5, 5.41) is 10.8. The summed E-state index contributed by atoms with van der Waals surface area (Å²) < 4.78 is 0. The Bertz CT molecular complexity index is 724. The Kier molecular flexibility index (Phi) is 5.28. The normalized spacial score (nSPS) is 11.7. The molecule has 0 aliphatic rings. The summed E-state index contributed by atoms with van der Waals surface area (Å²) in [4.78, 5) is 37.9. The monoisotopic (exact) mass is 331 g/mol. The molecule has 1 atom stereocenters. The van der Waals surface area contributed by atoms with E-state index in [1.54, 1.807) is 41.8 Å². The Labute approximate surface area is 138 Å². The summed E-state index contributed by atoms with van der Waals surface area (Å²) in [5.41, 5.74) is 0.612. The molecule has 0 spiro atoms. The van der Waals surface area contributed by atoms with E-state index in [4.69, 9.17) is 5.11 Å². The van der Waals surface area contributed by atoms with Gasteiger partial charge in [-0.05, 0) is 17.5 Å². The van der Waals surface area contributed by atoms with Gasteiger partial charge < -0.3 is 10.0 Å². The Balaban J connectivity index is 2.28. The Hall–Kier alpha value is -2.47. The van der Waals surface area contributed by atoms with Crippen LogP contribution in [0.4, 0.5) is 0 Å². The number of hydrogen-bond acceptors (Lipinski definition) is 4. The minimum Gasteiger partial charge on any atom is -0.481 e. The minimum atomic E-state index is -0.965. The smallest absolute Gasteiger partial charge is 0.308 e. The predicted molar refractivity (Wildman–Crippen MR) is 88.0 cm³/mol. The molecule has 2 aromatic rings. The fourth-order valence-electron chi connectivity index (χ4n) is 2.19. The average Bonchev–Trinajstić information content (AvgIpc) is 3.07. The number of hydrogen-bond donors (Lipinski definition) is 1. The lowest BCUT2D eigenvalue weighted by atomic mass is 10.0. The van der Waals surface area contributed by atoms with Crippen LogP contribution in [0.15, 0.2) is 41.8 Å². The largest absolute Gasteiger partial charge is 0.481 e. The molecule has 0 aliphatic carbocycles. The van der Waals surface area contributed by atoms with Crippen molar-refractivity contribution in [3.63, 3.8) is 0 Å². The minimum absolute atomic E-state index is 0.0791. The summed E-state index contributed by atoms with van der Waals surface area (Å²) in [6, 6.07) is 10.1. The van der Waals surface area contributed by atoms with Crippen LogP contribution in [-0.4, -0.2) is 41.3 Å². The fourth-order valence-corrected chi connectivity index (χ4v) is 2.86. The highest BCUT2D eigenvalue weighted by Crippen LogP contribution is 2.19. The van der Waals surface area contributed by atoms with Gasteiger partial charge in [-0.15, -0.1) is 11.3 Å². The highest BCUT2D eigenvalue weighted by molar-refractivity contribution is 7.12. The van der Waals surface area contributed by atoms with E-state index < -0.39 is 11.9 Å². The van der Waals surface area contributed by atoms with Gasteiger partial charge >= 0.3 is 5.97 Å². The molecule has 1 aromatic heterocycles. The number of thiophene rings is 1. The van der Waals surface area contributed by atoms with E-state index >= 15 is 0 Å². The molecule has 1 amide bonds. The van der Waals surface area contributed by atoms with Gasteiger partial charge in [-0.25, -0.2) is 0 Å². The second kappa shape index (κ2) is 7.19. The van der Waals surface area contributed by atoms with Gasteiger partial charge in [0.25, 0.3) is 5.91 Å². The molecule has 0 unspecified atom stereocenters. The molecule has 1 N–H and O–H groups in total. The zero-order chi connectivity index (χ0) is 17.0. The molecule has 0 bridgehead atoms. The maximum Gasteiger partial charge on any atom is 0.308 e. The molecule has 0 aliphatic heterocycles. The van der Waals surface area contributed by atoms with E-state index in [1.807, 2.05) is 0 Å². The van der Waals surface area contributed by atoms with E-state index in [-0.39, 0.29) is 23.8 Å². The van der Waals surface area contributed by atoms with Gasteiger partial charge in [-0.2, -0.15) is 0 Å². The van der Waals surface area contributed by atoms with E-state index in [0.29, 0.717) is 10.4 Å². The quantitative estimate of drug-likeness (QED) is 0.826. The lowest BCUT2D eigenvalue weighted by molar-refractivity contribution is -0.141. The van der Waals surface area contributed by atoms with Crippen LogP contribution >= 0.6 is 11.3 Å². The molecule has 1 heterocycles. The first kappa shape index (κ1) is 16.9. The summed E-state index contributed by atoms with van der Waals surface area (Å²) in [6.07, 6.45) is 0. The number of amides is 1. The number of aliphatic carboxylic acids is 1. The van der Waals surface area contributed by atoms with Gasteiger partial charge in [0.05, 0.1) is 16.4 Å². The molecule has 0 saturated heterocycles. The highest BCUT2D eigenvalue weighted by atomic mass is 32.1. The molecule has 2 rings (SSSR count). The second-order valence-electron chi connectivity index (χ2n) is 5.28.